The van der Waals surface area contributed by atoms with E-state index in [9.17, 15) is 13.6 Å². The molecule has 2 N–H and O–H groups in total. The molecule has 0 saturated heterocycles. The second kappa shape index (κ2) is 7.20. The molecular formula is C12H15F2NO2S. The van der Waals surface area contributed by atoms with Gasteiger partial charge in [0.05, 0.1) is 12.2 Å². The van der Waals surface area contributed by atoms with Crippen LogP contribution in [0.1, 0.15) is 23.7 Å². The van der Waals surface area contributed by atoms with Crippen LogP contribution in [0.5, 0.6) is 0 Å². The van der Waals surface area contributed by atoms with Crippen LogP contribution in [0.25, 0.3) is 0 Å². The molecule has 0 heterocycles. The van der Waals surface area contributed by atoms with Gasteiger partial charge in [-0.25, -0.2) is 13.6 Å². The van der Waals surface area contributed by atoms with E-state index in [1.807, 2.05) is 6.92 Å². The molecule has 0 atom stereocenters. The first-order valence-corrected chi connectivity index (χ1v) is 6.71. The Morgan fingerprint density at radius 3 is 2.72 bits per heavy atom. The van der Waals surface area contributed by atoms with Gasteiger partial charge in [-0.1, -0.05) is 6.92 Å². The normalized spacial score (nSPS) is 10.4. The number of hydrogen-bond donors (Lipinski definition) is 1. The number of anilines is 1. The molecule has 0 fully saturated rings. The maximum Gasteiger partial charge on any atom is 0.340 e. The van der Waals surface area contributed by atoms with Crippen LogP contribution in [0.2, 0.25) is 0 Å². The first-order valence-electron chi connectivity index (χ1n) is 5.55. The van der Waals surface area contributed by atoms with Gasteiger partial charge in [0.25, 0.3) is 0 Å². The molecule has 0 bridgehead atoms. The molecule has 18 heavy (non-hydrogen) atoms. The number of benzene rings is 1. The highest BCUT2D eigenvalue weighted by atomic mass is 32.2. The summed E-state index contributed by atoms with van der Waals surface area (Å²) in [5.41, 5.74) is 5.17. The highest BCUT2D eigenvalue weighted by molar-refractivity contribution is 7.99. The third-order valence-corrected chi connectivity index (χ3v) is 3.17. The van der Waals surface area contributed by atoms with E-state index in [1.54, 1.807) is 11.8 Å². The average Bonchev–Trinajstić information content (AvgIpc) is 2.33. The Bertz CT molecular complexity index is 427. The maximum atomic E-state index is 13.0. The minimum Gasteiger partial charge on any atom is -0.462 e. The highest BCUT2D eigenvalue weighted by Crippen LogP contribution is 2.18. The SMILES string of the molecule is CCSCCCOC(=O)c1cc(F)c(F)cc1N. The van der Waals surface area contributed by atoms with Crippen molar-refractivity contribution in [1.29, 1.82) is 0 Å². The zero-order valence-electron chi connectivity index (χ0n) is 10.0. The summed E-state index contributed by atoms with van der Waals surface area (Å²) in [6, 6.07) is 1.53. The van der Waals surface area contributed by atoms with Crippen molar-refractivity contribution in [3.63, 3.8) is 0 Å². The van der Waals surface area contributed by atoms with Crippen LogP contribution in [0.3, 0.4) is 0 Å². The molecule has 1 rings (SSSR count). The standard InChI is InChI=1S/C12H15F2NO2S/c1-2-18-5-3-4-17-12(16)8-6-9(13)10(14)7-11(8)15/h6-7H,2-5,15H2,1H3. The summed E-state index contributed by atoms with van der Waals surface area (Å²) in [7, 11) is 0. The van der Waals surface area contributed by atoms with Crippen molar-refractivity contribution in [2.45, 2.75) is 13.3 Å². The second-order valence-electron chi connectivity index (χ2n) is 3.54. The van der Waals surface area contributed by atoms with Crippen molar-refractivity contribution >= 4 is 23.4 Å². The van der Waals surface area contributed by atoms with E-state index < -0.39 is 17.6 Å². The van der Waals surface area contributed by atoms with Crippen molar-refractivity contribution in [1.82, 2.24) is 0 Å². The van der Waals surface area contributed by atoms with Crippen LogP contribution in [-0.2, 0) is 4.74 Å². The summed E-state index contributed by atoms with van der Waals surface area (Å²) in [6.07, 6.45) is 0.716. The Labute approximate surface area is 109 Å². The molecule has 0 aromatic heterocycles. The van der Waals surface area contributed by atoms with Gasteiger partial charge < -0.3 is 10.5 Å². The predicted molar refractivity (Wildman–Crippen MR) is 68.7 cm³/mol. The Morgan fingerprint density at radius 2 is 2.06 bits per heavy atom. The summed E-state index contributed by atoms with van der Waals surface area (Å²) >= 11 is 1.74. The van der Waals surface area contributed by atoms with Crippen LogP contribution in [-0.4, -0.2) is 24.1 Å². The summed E-state index contributed by atoms with van der Waals surface area (Å²) in [6.45, 7) is 2.28. The van der Waals surface area contributed by atoms with Crippen molar-refractivity contribution < 1.29 is 18.3 Å². The lowest BCUT2D eigenvalue weighted by atomic mass is 10.1. The number of nitrogens with two attached hydrogens (primary N) is 1. The topological polar surface area (TPSA) is 52.3 Å². The van der Waals surface area contributed by atoms with E-state index in [0.717, 1.165) is 23.6 Å². The Kier molecular flexibility index (Phi) is 5.91. The fourth-order valence-corrected chi connectivity index (χ4v) is 1.90. The number of nitrogen functional groups attached to an aromatic ring is 1. The number of carbonyl (C=O) groups is 1. The molecule has 1 aromatic rings. The maximum absolute atomic E-state index is 13.0. The third-order valence-electron chi connectivity index (χ3n) is 2.18. The fraction of sp³-hybridized carbons (Fsp3) is 0.417. The number of carbonyl (C=O) groups excluding carboxylic acids is 1. The number of halogens is 2. The largest absolute Gasteiger partial charge is 0.462 e. The van der Waals surface area contributed by atoms with Crippen LogP contribution >= 0.6 is 11.8 Å². The van der Waals surface area contributed by atoms with Gasteiger partial charge in [-0.3, -0.25) is 0 Å². The molecule has 0 aliphatic rings. The summed E-state index contributed by atoms with van der Waals surface area (Å²) in [5, 5.41) is 0. The van der Waals surface area contributed by atoms with Crippen LogP contribution in [0.15, 0.2) is 12.1 Å². The minimum atomic E-state index is -1.11. The number of rotatable bonds is 6. The van der Waals surface area contributed by atoms with Crippen molar-refractivity contribution in [3.05, 3.63) is 29.3 Å². The molecule has 1 aromatic carbocycles. The molecule has 100 valence electrons. The summed E-state index contributed by atoms with van der Waals surface area (Å²) in [4.78, 5) is 11.6. The average molecular weight is 275 g/mol. The second-order valence-corrected chi connectivity index (χ2v) is 4.93. The van der Waals surface area contributed by atoms with E-state index in [0.29, 0.717) is 6.42 Å². The highest BCUT2D eigenvalue weighted by Gasteiger charge is 2.15. The molecule has 6 heteroatoms. The molecule has 0 saturated carbocycles. The quantitative estimate of drug-likeness (QED) is 0.493. The summed E-state index contributed by atoms with van der Waals surface area (Å²) < 4.78 is 30.7. The van der Waals surface area contributed by atoms with Gasteiger partial charge in [0.1, 0.15) is 0 Å². The Balaban J connectivity index is 2.54. The first-order chi connectivity index (χ1) is 8.56. The monoisotopic (exact) mass is 275 g/mol. The molecule has 0 aliphatic heterocycles. The molecular weight excluding hydrogens is 260 g/mol. The van der Waals surface area contributed by atoms with E-state index >= 15 is 0 Å². The van der Waals surface area contributed by atoms with Crippen molar-refractivity contribution in [3.8, 4) is 0 Å². The molecule has 0 spiro atoms. The van der Waals surface area contributed by atoms with Gasteiger partial charge in [-0.05, 0) is 24.0 Å². The minimum absolute atomic E-state index is 0.123. The van der Waals surface area contributed by atoms with E-state index in [4.69, 9.17) is 10.5 Å². The molecule has 0 aliphatic carbocycles. The molecule has 0 amide bonds. The lowest BCUT2D eigenvalue weighted by Crippen LogP contribution is -2.11. The number of thioether (sulfide) groups is 1. The molecule has 0 unspecified atom stereocenters. The van der Waals surface area contributed by atoms with Crippen molar-refractivity contribution in [2.24, 2.45) is 0 Å². The smallest absolute Gasteiger partial charge is 0.340 e. The number of ether oxygens (including phenoxy) is 1. The van der Waals surface area contributed by atoms with Gasteiger partial charge in [-0.2, -0.15) is 11.8 Å². The summed E-state index contributed by atoms with van der Waals surface area (Å²) in [5.74, 6) is -1.03. The lowest BCUT2D eigenvalue weighted by Gasteiger charge is -2.07. The third kappa shape index (κ3) is 4.18. The van der Waals surface area contributed by atoms with E-state index in [1.165, 1.54) is 0 Å². The molecule has 0 radical (unpaired) electrons. The van der Waals surface area contributed by atoms with Gasteiger partial charge in [0, 0.05) is 11.8 Å². The lowest BCUT2D eigenvalue weighted by molar-refractivity contribution is 0.0507. The van der Waals surface area contributed by atoms with Crippen molar-refractivity contribution in [2.75, 3.05) is 23.8 Å². The van der Waals surface area contributed by atoms with Gasteiger partial charge in [0.15, 0.2) is 11.6 Å². The van der Waals surface area contributed by atoms with Crippen LogP contribution in [0.4, 0.5) is 14.5 Å². The van der Waals surface area contributed by atoms with Crippen LogP contribution in [0, 0.1) is 11.6 Å². The zero-order chi connectivity index (χ0) is 13.5. The van der Waals surface area contributed by atoms with Crippen LogP contribution < -0.4 is 5.73 Å². The van der Waals surface area contributed by atoms with Gasteiger partial charge in [0.2, 0.25) is 0 Å². The van der Waals surface area contributed by atoms with Gasteiger partial charge in [-0.15, -0.1) is 0 Å². The fourth-order valence-electron chi connectivity index (χ4n) is 1.29. The zero-order valence-corrected chi connectivity index (χ0v) is 10.9. The first kappa shape index (κ1) is 14.8. The number of esters is 1. The Hall–Kier alpha value is -1.30. The predicted octanol–water partition coefficient (Wildman–Crippen LogP) is 2.85. The Morgan fingerprint density at radius 1 is 1.39 bits per heavy atom. The van der Waals surface area contributed by atoms with E-state index in [2.05, 4.69) is 0 Å². The van der Waals surface area contributed by atoms with Gasteiger partial charge >= 0.3 is 5.97 Å². The van der Waals surface area contributed by atoms with E-state index in [-0.39, 0.29) is 17.9 Å². The molecule has 3 nitrogen and oxygen atoms in total. The number of hydrogen-bond acceptors (Lipinski definition) is 4.